The van der Waals surface area contributed by atoms with Gasteiger partial charge in [0.05, 0.1) is 9.88 Å². The van der Waals surface area contributed by atoms with Gasteiger partial charge in [-0.05, 0) is 25.1 Å². The SMILES string of the molecule is Cc1nc(C(=O)Nc2ccccn2)c(-c2ccccc2Cl)s1. The molecule has 1 amide bonds. The van der Waals surface area contributed by atoms with Crippen LogP contribution < -0.4 is 5.32 Å². The maximum atomic E-state index is 12.5. The molecule has 0 bridgehead atoms. The number of pyridine rings is 1. The van der Waals surface area contributed by atoms with Crippen molar-refractivity contribution >= 4 is 34.7 Å². The first-order chi connectivity index (χ1) is 10.6. The monoisotopic (exact) mass is 329 g/mol. The van der Waals surface area contributed by atoms with Gasteiger partial charge in [-0.3, -0.25) is 4.79 Å². The van der Waals surface area contributed by atoms with Crippen LogP contribution in [0.2, 0.25) is 5.02 Å². The maximum absolute atomic E-state index is 12.5. The number of benzene rings is 1. The summed E-state index contributed by atoms with van der Waals surface area (Å²) in [6, 6.07) is 12.7. The largest absolute Gasteiger partial charge is 0.305 e. The molecule has 2 heterocycles. The van der Waals surface area contributed by atoms with Crippen LogP contribution in [0.4, 0.5) is 5.82 Å². The summed E-state index contributed by atoms with van der Waals surface area (Å²) in [5.41, 5.74) is 1.17. The van der Waals surface area contributed by atoms with Crippen molar-refractivity contribution < 1.29 is 4.79 Å². The molecule has 0 saturated heterocycles. The fourth-order valence-corrected chi connectivity index (χ4v) is 3.26. The highest BCUT2D eigenvalue weighted by Crippen LogP contribution is 2.35. The van der Waals surface area contributed by atoms with Gasteiger partial charge in [0.2, 0.25) is 0 Å². The molecule has 1 aromatic carbocycles. The summed E-state index contributed by atoms with van der Waals surface area (Å²) in [4.78, 5) is 21.7. The fraction of sp³-hybridized carbons (Fsp3) is 0.0625. The Balaban J connectivity index is 1.98. The minimum absolute atomic E-state index is 0.294. The van der Waals surface area contributed by atoms with Gasteiger partial charge in [-0.2, -0.15) is 0 Å². The summed E-state index contributed by atoms with van der Waals surface area (Å²) in [5.74, 6) is 0.196. The maximum Gasteiger partial charge on any atom is 0.276 e. The Kier molecular flexibility index (Phi) is 4.18. The molecule has 0 saturated carbocycles. The highest BCUT2D eigenvalue weighted by atomic mass is 35.5. The van der Waals surface area contributed by atoms with Gasteiger partial charge in [0.15, 0.2) is 0 Å². The van der Waals surface area contributed by atoms with Crippen molar-refractivity contribution in [3.05, 3.63) is 64.4 Å². The Labute approximate surface area is 136 Å². The number of carbonyl (C=O) groups is 1. The van der Waals surface area contributed by atoms with Crippen molar-refractivity contribution in [1.82, 2.24) is 9.97 Å². The summed E-state index contributed by atoms with van der Waals surface area (Å²) in [5, 5.41) is 4.15. The van der Waals surface area contributed by atoms with E-state index in [1.54, 1.807) is 24.4 Å². The van der Waals surface area contributed by atoms with E-state index >= 15 is 0 Å². The molecule has 3 rings (SSSR count). The highest BCUT2D eigenvalue weighted by Gasteiger charge is 2.20. The third-order valence-corrected chi connectivity index (χ3v) is 4.31. The van der Waals surface area contributed by atoms with Crippen molar-refractivity contribution in [1.29, 1.82) is 0 Å². The molecular weight excluding hydrogens is 318 g/mol. The first-order valence-electron chi connectivity index (χ1n) is 6.60. The first kappa shape index (κ1) is 14.7. The molecule has 0 spiro atoms. The van der Waals surface area contributed by atoms with Crippen LogP contribution in [0.1, 0.15) is 15.5 Å². The second-order valence-electron chi connectivity index (χ2n) is 4.56. The minimum Gasteiger partial charge on any atom is -0.305 e. The lowest BCUT2D eigenvalue weighted by atomic mass is 10.1. The molecule has 0 atom stereocenters. The number of aromatic nitrogens is 2. The lowest BCUT2D eigenvalue weighted by Crippen LogP contribution is -2.14. The number of halogens is 1. The predicted molar refractivity (Wildman–Crippen MR) is 89.5 cm³/mol. The number of hydrogen-bond donors (Lipinski definition) is 1. The van der Waals surface area contributed by atoms with Gasteiger partial charge < -0.3 is 5.32 Å². The average Bonchev–Trinajstić information content (AvgIpc) is 2.90. The van der Waals surface area contributed by atoms with E-state index in [0.29, 0.717) is 16.5 Å². The Morgan fingerprint density at radius 3 is 2.68 bits per heavy atom. The van der Waals surface area contributed by atoms with Crippen LogP contribution in [0.15, 0.2) is 48.7 Å². The second kappa shape index (κ2) is 6.25. The zero-order valence-electron chi connectivity index (χ0n) is 11.7. The molecule has 22 heavy (non-hydrogen) atoms. The van der Waals surface area contributed by atoms with Crippen LogP contribution in [-0.4, -0.2) is 15.9 Å². The fourth-order valence-electron chi connectivity index (χ4n) is 2.02. The van der Waals surface area contributed by atoms with E-state index in [1.165, 1.54) is 11.3 Å². The van der Waals surface area contributed by atoms with E-state index < -0.39 is 0 Å². The molecule has 0 aliphatic carbocycles. The van der Waals surface area contributed by atoms with E-state index in [9.17, 15) is 4.79 Å². The van der Waals surface area contributed by atoms with Gasteiger partial charge in [-0.25, -0.2) is 9.97 Å². The zero-order chi connectivity index (χ0) is 15.5. The summed E-state index contributed by atoms with van der Waals surface area (Å²) < 4.78 is 0. The number of hydrogen-bond acceptors (Lipinski definition) is 4. The summed E-state index contributed by atoms with van der Waals surface area (Å²) >= 11 is 7.68. The number of thiazole rings is 1. The van der Waals surface area contributed by atoms with Crippen LogP contribution in [0.25, 0.3) is 10.4 Å². The van der Waals surface area contributed by atoms with Crippen LogP contribution in [0, 0.1) is 6.92 Å². The van der Waals surface area contributed by atoms with Crippen molar-refractivity contribution in [2.24, 2.45) is 0 Å². The Morgan fingerprint density at radius 2 is 1.95 bits per heavy atom. The molecule has 0 aliphatic rings. The van der Waals surface area contributed by atoms with Gasteiger partial charge in [0.25, 0.3) is 5.91 Å². The van der Waals surface area contributed by atoms with E-state index in [1.807, 2.05) is 31.2 Å². The predicted octanol–water partition coefficient (Wildman–Crippen LogP) is 4.42. The average molecular weight is 330 g/mol. The Morgan fingerprint density at radius 1 is 1.18 bits per heavy atom. The quantitative estimate of drug-likeness (QED) is 0.774. The van der Waals surface area contributed by atoms with Gasteiger partial charge in [0, 0.05) is 16.8 Å². The number of rotatable bonds is 3. The summed E-state index contributed by atoms with van der Waals surface area (Å²) in [6.45, 7) is 1.86. The van der Waals surface area contributed by atoms with Gasteiger partial charge >= 0.3 is 0 Å². The molecule has 0 unspecified atom stereocenters. The number of amides is 1. The molecule has 2 aromatic heterocycles. The summed E-state index contributed by atoms with van der Waals surface area (Å²) in [6.07, 6.45) is 1.62. The van der Waals surface area contributed by atoms with Gasteiger partial charge in [-0.15, -0.1) is 11.3 Å². The molecule has 0 aliphatic heterocycles. The van der Waals surface area contributed by atoms with Crippen molar-refractivity contribution in [3.63, 3.8) is 0 Å². The number of carbonyl (C=O) groups excluding carboxylic acids is 1. The molecule has 1 N–H and O–H groups in total. The van der Waals surface area contributed by atoms with Crippen molar-refractivity contribution in [2.75, 3.05) is 5.32 Å². The zero-order valence-corrected chi connectivity index (χ0v) is 13.3. The van der Waals surface area contributed by atoms with E-state index in [-0.39, 0.29) is 5.91 Å². The van der Waals surface area contributed by atoms with Crippen molar-refractivity contribution in [2.45, 2.75) is 6.92 Å². The van der Waals surface area contributed by atoms with Crippen LogP contribution in [0.5, 0.6) is 0 Å². The molecule has 3 aromatic rings. The minimum atomic E-state index is -0.294. The molecule has 0 fully saturated rings. The highest BCUT2D eigenvalue weighted by molar-refractivity contribution is 7.15. The third-order valence-electron chi connectivity index (χ3n) is 2.97. The van der Waals surface area contributed by atoms with E-state index in [4.69, 9.17) is 11.6 Å². The summed E-state index contributed by atoms with van der Waals surface area (Å²) in [7, 11) is 0. The standard InChI is InChI=1S/C16H12ClN3OS/c1-10-19-14(16(21)20-13-8-4-5-9-18-13)15(22-10)11-6-2-3-7-12(11)17/h2-9H,1H3,(H,18,20,21). The van der Waals surface area contributed by atoms with Crippen LogP contribution in [0.3, 0.4) is 0 Å². The molecular formula is C16H12ClN3OS. The lowest BCUT2D eigenvalue weighted by Gasteiger charge is -2.05. The first-order valence-corrected chi connectivity index (χ1v) is 7.79. The smallest absolute Gasteiger partial charge is 0.276 e. The number of aryl methyl sites for hydroxylation is 1. The third kappa shape index (κ3) is 3.00. The Hall–Kier alpha value is -2.24. The second-order valence-corrected chi connectivity index (χ2v) is 6.17. The number of nitrogens with zero attached hydrogens (tertiary/aromatic N) is 2. The van der Waals surface area contributed by atoms with Gasteiger partial charge in [-0.1, -0.05) is 35.9 Å². The lowest BCUT2D eigenvalue weighted by molar-refractivity contribution is 0.102. The molecule has 110 valence electrons. The number of anilines is 1. The van der Waals surface area contributed by atoms with E-state index in [0.717, 1.165) is 15.4 Å². The van der Waals surface area contributed by atoms with Gasteiger partial charge in [0.1, 0.15) is 11.5 Å². The van der Waals surface area contributed by atoms with Crippen LogP contribution >= 0.6 is 22.9 Å². The molecule has 4 nitrogen and oxygen atoms in total. The number of nitrogens with one attached hydrogen (secondary N) is 1. The van der Waals surface area contributed by atoms with Crippen molar-refractivity contribution in [3.8, 4) is 10.4 Å². The molecule has 0 radical (unpaired) electrons. The normalized spacial score (nSPS) is 10.5. The van der Waals surface area contributed by atoms with E-state index in [2.05, 4.69) is 15.3 Å². The topological polar surface area (TPSA) is 54.9 Å². The Bertz CT molecular complexity index is 817. The van der Waals surface area contributed by atoms with Crippen LogP contribution in [-0.2, 0) is 0 Å². The molecule has 6 heteroatoms.